The van der Waals surface area contributed by atoms with Crippen LogP contribution in [0.15, 0.2) is 30.5 Å². The number of rotatable bonds is 5. The Bertz CT molecular complexity index is 492. The molecular weight excluding hydrogens is 220 g/mol. The van der Waals surface area contributed by atoms with E-state index < -0.39 is 10.8 Å². The number of hydrogen-bond donors (Lipinski definition) is 2. The SMILES string of the molecule is CS(=O)CCNCc1c[nH]c2ccccc12. The molecule has 1 aromatic carbocycles. The average Bonchev–Trinajstić information content (AvgIpc) is 2.68. The van der Waals surface area contributed by atoms with E-state index in [1.165, 1.54) is 16.5 Å². The fraction of sp³-hybridized carbons (Fsp3) is 0.333. The highest BCUT2D eigenvalue weighted by atomic mass is 32.2. The maximum absolute atomic E-state index is 10.9. The van der Waals surface area contributed by atoms with Gasteiger partial charge in [0.2, 0.25) is 0 Å². The first kappa shape index (κ1) is 11.4. The van der Waals surface area contributed by atoms with Crippen molar-refractivity contribution in [3.63, 3.8) is 0 Å². The largest absolute Gasteiger partial charge is 0.361 e. The summed E-state index contributed by atoms with van der Waals surface area (Å²) in [4.78, 5) is 3.24. The third-order valence-corrected chi connectivity index (χ3v) is 3.34. The van der Waals surface area contributed by atoms with Gasteiger partial charge >= 0.3 is 0 Å². The summed E-state index contributed by atoms with van der Waals surface area (Å²) in [6.07, 6.45) is 3.76. The number of fused-ring (bicyclic) bond motifs is 1. The molecule has 1 unspecified atom stereocenters. The van der Waals surface area contributed by atoms with E-state index >= 15 is 0 Å². The van der Waals surface area contributed by atoms with Crippen molar-refractivity contribution in [1.82, 2.24) is 10.3 Å². The molecule has 2 rings (SSSR count). The van der Waals surface area contributed by atoms with Gasteiger partial charge in [0.25, 0.3) is 0 Å². The minimum absolute atomic E-state index is 0.711. The molecule has 16 heavy (non-hydrogen) atoms. The lowest BCUT2D eigenvalue weighted by Gasteiger charge is -2.02. The minimum Gasteiger partial charge on any atom is -0.361 e. The van der Waals surface area contributed by atoms with Crippen molar-refractivity contribution in [2.45, 2.75) is 6.54 Å². The second-order valence-electron chi connectivity index (χ2n) is 3.81. The molecule has 1 atom stereocenters. The zero-order chi connectivity index (χ0) is 11.4. The van der Waals surface area contributed by atoms with Crippen molar-refractivity contribution in [3.8, 4) is 0 Å². The van der Waals surface area contributed by atoms with Gasteiger partial charge < -0.3 is 10.3 Å². The van der Waals surface area contributed by atoms with Gasteiger partial charge in [0, 0.05) is 53.0 Å². The van der Waals surface area contributed by atoms with Crippen molar-refractivity contribution in [2.24, 2.45) is 0 Å². The van der Waals surface area contributed by atoms with Gasteiger partial charge in [-0.3, -0.25) is 4.21 Å². The van der Waals surface area contributed by atoms with Crippen LogP contribution >= 0.6 is 0 Å². The molecule has 1 heterocycles. The van der Waals surface area contributed by atoms with Crippen LogP contribution in [0, 0.1) is 0 Å². The van der Waals surface area contributed by atoms with E-state index in [9.17, 15) is 4.21 Å². The Hall–Kier alpha value is -1.13. The average molecular weight is 236 g/mol. The van der Waals surface area contributed by atoms with Gasteiger partial charge in [-0.05, 0) is 11.6 Å². The lowest BCUT2D eigenvalue weighted by Crippen LogP contribution is -2.19. The van der Waals surface area contributed by atoms with Crippen LogP contribution < -0.4 is 5.32 Å². The summed E-state index contributed by atoms with van der Waals surface area (Å²) in [5.74, 6) is 0.711. The van der Waals surface area contributed by atoms with Gasteiger partial charge in [-0.2, -0.15) is 0 Å². The van der Waals surface area contributed by atoms with Crippen molar-refractivity contribution in [1.29, 1.82) is 0 Å². The Morgan fingerprint density at radius 1 is 1.38 bits per heavy atom. The van der Waals surface area contributed by atoms with E-state index in [1.807, 2.05) is 18.3 Å². The highest BCUT2D eigenvalue weighted by molar-refractivity contribution is 7.84. The van der Waals surface area contributed by atoms with Crippen LogP contribution in [-0.2, 0) is 17.3 Å². The summed E-state index contributed by atoms with van der Waals surface area (Å²) in [5, 5.41) is 4.56. The Kier molecular flexibility index (Phi) is 3.74. The molecule has 2 aromatic rings. The first-order chi connectivity index (χ1) is 7.77. The zero-order valence-corrected chi connectivity index (χ0v) is 10.1. The van der Waals surface area contributed by atoms with Crippen molar-refractivity contribution in [2.75, 3.05) is 18.6 Å². The monoisotopic (exact) mass is 236 g/mol. The van der Waals surface area contributed by atoms with Gasteiger partial charge in [-0.15, -0.1) is 0 Å². The fourth-order valence-electron chi connectivity index (χ4n) is 1.72. The fourth-order valence-corrected chi connectivity index (χ4v) is 2.15. The lowest BCUT2D eigenvalue weighted by atomic mass is 10.2. The molecule has 86 valence electrons. The predicted octanol–water partition coefficient (Wildman–Crippen LogP) is 1.64. The highest BCUT2D eigenvalue weighted by Gasteiger charge is 2.01. The molecular formula is C12H16N2OS. The van der Waals surface area contributed by atoms with E-state index in [1.54, 1.807) is 6.26 Å². The van der Waals surface area contributed by atoms with Crippen LogP contribution in [0.2, 0.25) is 0 Å². The first-order valence-corrected chi connectivity index (χ1v) is 7.06. The Labute approximate surface area is 97.7 Å². The van der Waals surface area contributed by atoms with Crippen LogP contribution in [0.4, 0.5) is 0 Å². The van der Waals surface area contributed by atoms with Crippen LogP contribution in [0.3, 0.4) is 0 Å². The van der Waals surface area contributed by atoms with E-state index in [0.717, 1.165) is 13.1 Å². The molecule has 0 bridgehead atoms. The molecule has 0 radical (unpaired) electrons. The highest BCUT2D eigenvalue weighted by Crippen LogP contribution is 2.16. The van der Waals surface area contributed by atoms with E-state index in [4.69, 9.17) is 0 Å². The molecule has 0 amide bonds. The van der Waals surface area contributed by atoms with Gasteiger partial charge in [0.05, 0.1) is 0 Å². The number of para-hydroxylation sites is 1. The Morgan fingerprint density at radius 2 is 2.19 bits per heavy atom. The molecule has 0 fully saturated rings. The second kappa shape index (κ2) is 5.27. The normalized spacial score (nSPS) is 13.1. The van der Waals surface area contributed by atoms with Crippen LogP contribution in [0.25, 0.3) is 10.9 Å². The molecule has 4 heteroatoms. The van der Waals surface area contributed by atoms with Crippen LogP contribution in [0.5, 0.6) is 0 Å². The number of hydrogen-bond acceptors (Lipinski definition) is 2. The zero-order valence-electron chi connectivity index (χ0n) is 9.32. The summed E-state index contributed by atoms with van der Waals surface area (Å²) in [6.45, 7) is 1.61. The van der Waals surface area contributed by atoms with Gasteiger partial charge in [-0.1, -0.05) is 18.2 Å². The lowest BCUT2D eigenvalue weighted by molar-refractivity contribution is 0.677. The standard InChI is InChI=1S/C12H16N2OS/c1-16(15)7-6-13-8-10-9-14-12-5-3-2-4-11(10)12/h2-5,9,13-14H,6-8H2,1H3. The van der Waals surface area contributed by atoms with Gasteiger partial charge in [-0.25, -0.2) is 0 Å². The third-order valence-electron chi connectivity index (χ3n) is 2.56. The predicted molar refractivity (Wildman–Crippen MR) is 68.9 cm³/mol. The maximum atomic E-state index is 10.9. The van der Waals surface area contributed by atoms with Gasteiger partial charge in [0.15, 0.2) is 0 Å². The number of nitrogens with one attached hydrogen (secondary N) is 2. The third kappa shape index (κ3) is 2.71. The molecule has 0 aliphatic rings. The summed E-state index contributed by atoms with van der Waals surface area (Å²) >= 11 is 0. The Balaban J connectivity index is 1.97. The number of H-pyrrole nitrogens is 1. The number of aromatic nitrogens is 1. The summed E-state index contributed by atoms with van der Waals surface area (Å²) < 4.78 is 10.9. The molecule has 0 saturated carbocycles. The van der Waals surface area contributed by atoms with Crippen molar-refractivity contribution < 1.29 is 4.21 Å². The first-order valence-electron chi connectivity index (χ1n) is 5.33. The summed E-state index contributed by atoms with van der Waals surface area (Å²) in [6, 6.07) is 8.25. The molecule has 0 aliphatic heterocycles. The number of benzene rings is 1. The minimum atomic E-state index is -0.711. The molecule has 0 saturated heterocycles. The maximum Gasteiger partial charge on any atom is 0.0457 e. The topological polar surface area (TPSA) is 44.9 Å². The van der Waals surface area contributed by atoms with E-state index in [2.05, 4.69) is 22.4 Å². The van der Waals surface area contributed by atoms with Gasteiger partial charge in [0.1, 0.15) is 0 Å². The second-order valence-corrected chi connectivity index (χ2v) is 5.37. The van der Waals surface area contributed by atoms with Crippen LogP contribution in [-0.4, -0.2) is 27.7 Å². The smallest absolute Gasteiger partial charge is 0.0457 e. The summed E-state index contributed by atoms with van der Waals surface area (Å²) in [7, 11) is -0.711. The molecule has 0 spiro atoms. The molecule has 1 aromatic heterocycles. The Morgan fingerprint density at radius 3 is 3.00 bits per heavy atom. The quantitative estimate of drug-likeness (QED) is 0.775. The molecule has 3 nitrogen and oxygen atoms in total. The van der Waals surface area contributed by atoms with Crippen molar-refractivity contribution in [3.05, 3.63) is 36.0 Å². The van der Waals surface area contributed by atoms with Crippen molar-refractivity contribution >= 4 is 21.7 Å². The summed E-state index contributed by atoms with van der Waals surface area (Å²) in [5.41, 5.74) is 2.43. The molecule has 2 N–H and O–H groups in total. The molecule has 0 aliphatic carbocycles. The van der Waals surface area contributed by atoms with E-state index in [0.29, 0.717) is 5.75 Å². The van der Waals surface area contributed by atoms with E-state index in [-0.39, 0.29) is 0 Å². The number of aromatic amines is 1. The van der Waals surface area contributed by atoms with Crippen LogP contribution in [0.1, 0.15) is 5.56 Å².